The van der Waals surface area contributed by atoms with E-state index in [1.807, 2.05) is 0 Å². The van der Waals surface area contributed by atoms with E-state index in [4.69, 9.17) is 0 Å². The summed E-state index contributed by atoms with van der Waals surface area (Å²) in [5, 5.41) is 41.9. The van der Waals surface area contributed by atoms with E-state index in [9.17, 15) is 34.8 Å². The van der Waals surface area contributed by atoms with Crippen molar-refractivity contribution in [2.75, 3.05) is 0 Å². The van der Waals surface area contributed by atoms with E-state index in [1.165, 1.54) is 6.07 Å². The number of para-hydroxylation sites is 1. The normalized spacial score (nSPS) is 13.5. The number of phenolic OH excluding ortho intramolecular Hbond substituents is 2. The van der Waals surface area contributed by atoms with Crippen LogP contribution in [0.25, 0.3) is 10.8 Å². The van der Waals surface area contributed by atoms with Crippen molar-refractivity contribution in [1.82, 2.24) is 0 Å². The van der Waals surface area contributed by atoms with Crippen molar-refractivity contribution in [1.29, 1.82) is 0 Å². The second kappa shape index (κ2) is 7.56. The number of hydrogen-bond acceptors (Lipinski definition) is 6. The zero-order valence-electron chi connectivity index (χ0n) is 17.3. The lowest BCUT2D eigenvalue weighted by Crippen LogP contribution is -2.24. The van der Waals surface area contributed by atoms with Crippen molar-refractivity contribution < 1.29 is 34.8 Å². The number of ketones is 1. The van der Waals surface area contributed by atoms with Crippen LogP contribution < -0.4 is 0 Å². The first-order valence-corrected chi connectivity index (χ1v) is 10.1. The maximum Gasteiger partial charge on any atom is 0.336 e. The van der Waals surface area contributed by atoms with Gasteiger partial charge in [0.1, 0.15) is 11.5 Å². The van der Waals surface area contributed by atoms with Crippen LogP contribution in [0, 0.1) is 0 Å². The molecule has 0 saturated heterocycles. The SMILES string of the molecule is O=C(O)c1cc2c(cc1C(=O)O)C(=Nc1ccccc1)c1c(c(O)c3ccccc3c1O)C2=O. The lowest BCUT2D eigenvalue weighted by Gasteiger charge is -2.24. The number of aliphatic imine (C=N–C) groups is 1. The molecular weight excluding hydrogens is 438 g/mol. The molecule has 8 nitrogen and oxygen atoms in total. The highest BCUT2D eigenvalue weighted by molar-refractivity contribution is 6.35. The fourth-order valence-corrected chi connectivity index (χ4v) is 4.21. The van der Waals surface area contributed by atoms with E-state index in [2.05, 4.69) is 4.99 Å². The lowest BCUT2D eigenvalue weighted by molar-refractivity contribution is 0.0651. The number of nitrogens with zero attached hydrogens (tertiary/aromatic N) is 1. The van der Waals surface area contributed by atoms with Crippen LogP contribution >= 0.6 is 0 Å². The van der Waals surface area contributed by atoms with Crippen LogP contribution in [0.5, 0.6) is 11.5 Å². The summed E-state index contributed by atoms with van der Waals surface area (Å²) in [6.45, 7) is 0. The minimum atomic E-state index is -1.52. The summed E-state index contributed by atoms with van der Waals surface area (Å²) in [5.41, 5.74) is -1.04. The summed E-state index contributed by atoms with van der Waals surface area (Å²) in [5.74, 6) is -4.47. The van der Waals surface area contributed by atoms with E-state index in [-0.39, 0.29) is 50.2 Å². The smallest absolute Gasteiger partial charge is 0.336 e. The van der Waals surface area contributed by atoms with Crippen LogP contribution in [0.15, 0.2) is 71.7 Å². The first kappa shape index (κ1) is 20.9. The molecule has 0 atom stereocenters. The molecule has 8 heteroatoms. The first-order chi connectivity index (χ1) is 16.3. The highest BCUT2D eigenvalue weighted by Gasteiger charge is 2.37. The molecule has 4 aromatic rings. The third kappa shape index (κ3) is 3.01. The molecule has 0 aromatic heterocycles. The maximum atomic E-state index is 13.5. The van der Waals surface area contributed by atoms with Gasteiger partial charge in [-0.05, 0) is 24.3 Å². The number of benzene rings is 4. The van der Waals surface area contributed by atoms with Crippen molar-refractivity contribution >= 4 is 39.9 Å². The van der Waals surface area contributed by atoms with E-state index in [0.29, 0.717) is 5.69 Å². The molecule has 4 N–H and O–H groups in total. The third-order valence-electron chi connectivity index (χ3n) is 5.74. The predicted molar refractivity (Wildman–Crippen MR) is 123 cm³/mol. The average Bonchev–Trinajstić information content (AvgIpc) is 2.84. The van der Waals surface area contributed by atoms with E-state index < -0.39 is 28.8 Å². The van der Waals surface area contributed by atoms with E-state index in [1.54, 1.807) is 48.5 Å². The number of aromatic carboxylic acids is 2. The van der Waals surface area contributed by atoms with Gasteiger partial charge in [-0.2, -0.15) is 0 Å². The Bertz CT molecular complexity index is 1590. The molecule has 0 aliphatic heterocycles. The second-order valence-corrected chi connectivity index (χ2v) is 7.67. The Hall–Kier alpha value is -4.98. The number of carbonyl (C=O) groups is 3. The number of carbonyl (C=O) groups excluding carboxylic acids is 1. The largest absolute Gasteiger partial charge is 0.507 e. The number of carboxylic acids is 2. The molecule has 34 heavy (non-hydrogen) atoms. The monoisotopic (exact) mass is 453 g/mol. The van der Waals surface area contributed by atoms with Gasteiger partial charge in [-0.25, -0.2) is 14.6 Å². The van der Waals surface area contributed by atoms with Gasteiger partial charge in [-0.3, -0.25) is 4.79 Å². The zero-order chi connectivity index (χ0) is 24.1. The van der Waals surface area contributed by atoms with Gasteiger partial charge in [-0.15, -0.1) is 0 Å². The number of phenols is 2. The van der Waals surface area contributed by atoms with E-state index in [0.717, 1.165) is 12.1 Å². The molecule has 0 radical (unpaired) electrons. The highest BCUT2D eigenvalue weighted by atomic mass is 16.4. The Morgan fingerprint density at radius 3 is 1.74 bits per heavy atom. The van der Waals surface area contributed by atoms with Crippen molar-refractivity contribution in [3.63, 3.8) is 0 Å². The Morgan fingerprint density at radius 1 is 0.676 bits per heavy atom. The molecule has 0 amide bonds. The zero-order valence-corrected chi connectivity index (χ0v) is 17.3. The third-order valence-corrected chi connectivity index (χ3v) is 5.74. The quantitative estimate of drug-likeness (QED) is 0.297. The number of hydrogen-bond donors (Lipinski definition) is 4. The fraction of sp³-hybridized carbons (Fsp3) is 0. The van der Waals surface area contributed by atoms with Crippen molar-refractivity contribution in [2.24, 2.45) is 4.99 Å². The molecule has 0 fully saturated rings. The predicted octanol–water partition coefficient (Wildman–Crippen LogP) is 4.36. The summed E-state index contributed by atoms with van der Waals surface area (Å²) < 4.78 is 0. The number of aromatic hydroxyl groups is 2. The highest BCUT2D eigenvalue weighted by Crippen LogP contribution is 2.45. The molecule has 0 unspecified atom stereocenters. The molecule has 1 aliphatic carbocycles. The van der Waals surface area contributed by atoms with Crippen LogP contribution in [0.2, 0.25) is 0 Å². The molecule has 5 rings (SSSR count). The molecular formula is C26H15NO7. The Kier molecular flexibility index (Phi) is 4.65. The molecule has 0 heterocycles. The minimum Gasteiger partial charge on any atom is -0.507 e. The Morgan fingerprint density at radius 2 is 1.18 bits per heavy atom. The fourth-order valence-electron chi connectivity index (χ4n) is 4.21. The lowest BCUT2D eigenvalue weighted by atomic mass is 9.79. The van der Waals surface area contributed by atoms with Gasteiger partial charge in [0.15, 0.2) is 5.78 Å². The van der Waals surface area contributed by atoms with Crippen LogP contribution in [-0.4, -0.2) is 43.9 Å². The van der Waals surface area contributed by atoms with Crippen molar-refractivity contribution in [3.05, 3.63) is 100 Å². The summed E-state index contributed by atoms with van der Waals surface area (Å²) in [4.78, 5) is 41.6. The van der Waals surface area contributed by atoms with Gasteiger partial charge in [-0.1, -0.05) is 42.5 Å². The molecule has 1 aliphatic rings. The molecule has 0 saturated carbocycles. The summed E-state index contributed by atoms with van der Waals surface area (Å²) in [6, 6.07) is 17.0. The van der Waals surface area contributed by atoms with Crippen molar-refractivity contribution in [3.8, 4) is 11.5 Å². The van der Waals surface area contributed by atoms with Gasteiger partial charge in [0, 0.05) is 21.9 Å². The van der Waals surface area contributed by atoms with Gasteiger partial charge >= 0.3 is 11.9 Å². The van der Waals surface area contributed by atoms with Crippen molar-refractivity contribution in [2.45, 2.75) is 0 Å². The summed E-state index contributed by atoms with van der Waals surface area (Å²) in [7, 11) is 0. The summed E-state index contributed by atoms with van der Waals surface area (Å²) in [6.07, 6.45) is 0. The summed E-state index contributed by atoms with van der Waals surface area (Å²) >= 11 is 0. The van der Waals surface area contributed by atoms with Gasteiger partial charge in [0.2, 0.25) is 0 Å². The maximum absolute atomic E-state index is 13.5. The molecule has 166 valence electrons. The van der Waals surface area contributed by atoms with Gasteiger partial charge < -0.3 is 20.4 Å². The van der Waals surface area contributed by atoms with Crippen LogP contribution in [0.4, 0.5) is 5.69 Å². The van der Waals surface area contributed by atoms with Crippen LogP contribution in [0.1, 0.15) is 47.8 Å². The molecule has 0 spiro atoms. The Labute approximate surface area is 191 Å². The number of rotatable bonds is 3. The first-order valence-electron chi connectivity index (χ1n) is 10.1. The molecule has 0 bridgehead atoms. The second-order valence-electron chi connectivity index (χ2n) is 7.67. The van der Waals surface area contributed by atoms with E-state index >= 15 is 0 Å². The van der Waals surface area contributed by atoms with Gasteiger partial charge in [0.05, 0.1) is 33.7 Å². The average molecular weight is 453 g/mol. The molecule has 4 aromatic carbocycles. The number of carboxylic acid groups (broad SMARTS) is 2. The Balaban J connectivity index is 1.96. The number of fused-ring (bicyclic) bond motifs is 3. The van der Waals surface area contributed by atoms with Crippen LogP contribution in [-0.2, 0) is 0 Å². The van der Waals surface area contributed by atoms with Gasteiger partial charge in [0.25, 0.3) is 0 Å². The minimum absolute atomic E-state index is 0.0359. The standard InChI is InChI=1S/C26H15NO7/c28-22-13-8-4-5-9-14(13)23(29)20-19(22)21(27-12-6-2-1-3-7-12)15-10-17(25(31)32)18(26(33)34)11-16(15)24(20)30/h1-11,28-29H,(H,31,32)(H,33,34). The van der Waals surface area contributed by atoms with Crippen LogP contribution in [0.3, 0.4) is 0 Å². The topological polar surface area (TPSA) is 144 Å².